The molecule has 10 fully saturated rings. The van der Waals surface area contributed by atoms with Gasteiger partial charge in [-0.1, -0.05) is 93.5 Å². The summed E-state index contributed by atoms with van der Waals surface area (Å²) >= 11 is 0. The minimum Gasteiger partial charge on any atom is -0.467 e. The van der Waals surface area contributed by atoms with Crippen molar-refractivity contribution in [3.05, 3.63) is 24.3 Å². The summed E-state index contributed by atoms with van der Waals surface area (Å²) in [7, 11) is 1.31. The van der Waals surface area contributed by atoms with E-state index in [2.05, 4.69) is 118 Å². The zero-order chi connectivity index (χ0) is 66.7. The number of esters is 1. The second kappa shape index (κ2) is 24.6. The van der Waals surface area contributed by atoms with Crippen LogP contribution in [0.2, 0.25) is 0 Å². The Balaban J connectivity index is 0.747. The van der Waals surface area contributed by atoms with E-state index in [4.69, 9.17) is 9.47 Å². The van der Waals surface area contributed by atoms with Gasteiger partial charge in [0, 0.05) is 36.8 Å². The quantitative estimate of drug-likeness (QED) is 0.0589. The molecule has 0 spiro atoms. The Morgan fingerprint density at radius 2 is 0.923 bits per heavy atom. The monoisotopic (exact) mass is 1260 g/mol. The van der Waals surface area contributed by atoms with E-state index in [1.165, 1.54) is 18.3 Å². The van der Waals surface area contributed by atoms with Crippen molar-refractivity contribution < 1.29 is 43.0 Å². The van der Waals surface area contributed by atoms with Crippen LogP contribution in [0.5, 0.6) is 0 Å². The lowest BCUT2D eigenvalue weighted by Crippen LogP contribution is -2.67. The Bertz CT molecular complexity index is 2890. The lowest BCUT2D eigenvalue weighted by Gasteiger charge is -2.72. The summed E-state index contributed by atoms with van der Waals surface area (Å²) in [5.41, 5.74) is 0.613. The molecule has 10 aliphatic carbocycles. The molecule has 13 nitrogen and oxygen atoms in total. The van der Waals surface area contributed by atoms with Crippen molar-refractivity contribution >= 4 is 41.4 Å². The van der Waals surface area contributed by atoms with Crippen LogP contribution in [0, 0.1) is 113 Å². The van der Waals surface area contributed by atoms with Crippen molar-refractivity contribution in [1.29, 1.82) is 0 Å². The number of Topliss-reactive ketones (excluding diaryl/α,β-unsaturated/α-hetero) is 2. The first-order chi connectivity index (χ1) is 42.4. The van der Waals surface area contributed by atoms with Crippen molar-refractivity contribution in [2.75, 3.05) is 20.2 Å². The minimum absolute atomic E-state index is 0.0624. The van der Waals surface area contributed by atoms with Gasteiger partial charge >= 0.3 is 12.1 Å². The summed E-state index contributed by atoms with van der Waals surface area (Å²) in [5.74, 6) is 3.73. The Hall–Kier alpha value is -4.03. The Morgan fingerprint density at radius 3 is 1.32 bits per heavy atom. The molecule has 0 bridgehead atoms. The molecule has 0 heterocycles. The van der Waals surface area contributed by atoms with E-state index < -0.39 is 46.5 Å². The molecular weight excluding hydrogens is 1140 g/mol. The molecule has 0 saturated heterocycles. The molecule has 4 amide bonds. The molecule has 0 aromatic rings. The van der Waals surface area contributed by atoms with E-state index in [0.29, 0.717) is 98.7 Å². The number of fused-ring (bicyclic) bond motifs is 14. The fraction of sp³-hybridized carbons (Fsp3) is 0.859. The van der Waals surface area contributed by atoms with Gasteiger partial charge in [-0.05, 0) is 280 Å². The highest BCUT2D eigenvalue weighted by atomic mass is 16.6. The number of amides is 4. The van der Waals surface area contributed by atoms with Crippen LogP contribution in [0.25, 0.3) is 0 Å². The van der Waals surface area contributed by atoms with Crippen LogP contribution in [0.15, 0.2) is 24.3 Å². The number of methoxy groups -OCH3 is 1. The summed E-state index contributed by atoms with van der Waals surface area (Å²) < 4.78 is 10.9. The lowest BCUT2D eigenvalue weighted by molar-refractivity contribution is -0.233. The maximum atomic E-state index is 15.0. The lowest BCUT2D eigenvalue weighted by atomic mass is 9.32. The third-order valence-electron chi connectivity index (χ3n) is 30.8. The Morgan fingerprint density at radius 1 is 0.505 bits per heavy atom. The van der Waals surface area contributed by atoms with Gasteiger partial charge in [0.2, 0.25) is 17.7 Å². The topological polar surface area (TPSA) is 186 Å². The molecule has 10 rings (SSSR count). The number of carbonyl (C=O) groups is 7. The van der Waals surface area contributed by atoms with Crippen LogP contribution >= 0.6 is 0 Å². The van der Waals surface area contributed by atoms with Crippen molar-refractivity contribution in [1.82, 2.24) is 21.3 Å². The third-order valence-corrected chi connectivity index (χ3v) is 30.8. The van der Waals surface area contributed by atoms with Gasteiger partial charge in [0.05, 0.1) is 17.9 Å². The molecule has 0 aromatic carbocycles. The van der Waals surface area contributed by atoms with E-state index in [1.54, 1.807) is 20.8 Å². The average Bonchev–Trinajstić information content (AvgIpc) is 1.59. The van der Waals surface area contributed by atoms with Crippen LogP contribution in [0.3, 0.4) is 0 Å². The predicted molar refractivity (Wildman–Crippen MR) is 359 cm³/mol. The predicted octanol–water partition coefficient (Wildman–Crippen LogP) is 15.6. The number of hydrogen-bond acceptors (Lipinski definition) is 9. The molecule has 13 heteroatoms. The van der Waals surface area contributed by atoms with Crippen LogP contribution in [-0.2, 0) is 38.2 Å². The molecule has 20 atom stereocenters. The van der Waals surface area contributed by atoms with Gasteiger partial charge in [0.1, 0.15) is 29.3 Å². The molecule has 0 radical (unpaired) electrons. The number of ether oxygens (including phenoxy) is 2. The van der Waals surface area contributed by atoms with Crippen molar-refractivity contribution in [3.63, 3.8) is 0 Å². The first-order valence-corrected chi connectivity index (χ1v) is 36.7. The first-order valence-electron chi connectivity index (χ1n) is 36.7. The van der Waals surface area contributed by atoms with Gasteiger partial charge in [-0.15, -0.1) is 0 Å². The average molecular weight is 1260 g/mol. The maximum Gasteiger partial charge on any atom is 0.408 e. The molecule has 91 heavy (non-hydrogen) atoms. The zero-order valence-electron chi connectivity index (χ0n) is 59.8. The normalized spacial score (nSPS) is 42.3. The summed E-state index contributed by atoms with van der Waals surface area (Å²) in [6, 6.07) is -2.00. The van der Waals surface area contributed by atoms with Crippen LogP contribution in [0.1, 0.15) is 271 Å². The number of rotatable bonds is 18. The molecular formula is C78H124N4O9. The highest BCUT2D eigenvalue weighted by Crippen LogP contribution is 2.80. The molecule has 4 N–H and O–H groups in total. The number of alkyl carbamates (subject to hydrolysis) is 1. The largest absolute Gasteiger partial charge is 0.467 e. The van der Waals surface area contributed by atoms with Gasteiger partial charge in [0.15, 0.2) is 0 Å². The highest BCUT2D eigenvalue weighted by molar-refractivity contribution is 5.90. The number of allylic oxidation sites excluding steroid dienone is 2. The maximum absolute atomic E-state index is 15.0. The smallest absolute Gasteiger partial charge is 0.408 e. The molecule has 510 valence electrons. The Kier molecular flexibility index (Phi) is 18.8. The highest BCUT2D eigenvalue weighted by Gasteiger charge is 2.74. The number of ketones is 2. The van der Waals surface area contributed by atoms with Gasteiger partial charge in [-0.2, -0.15) is 0 Å². The molecule has 8 unspecified atom stereocenters. The van der Waals surface area contributed by atoms with Crippen LogP contribution < -0.4 is 21.3 Å². The van der Waals surface area contributed by atoms with Crippen LogP contribution in [0.4, 0.5) is 4.79 Å². The number of unbranched alkanes of at least 4 members (excludes halogenated alkanes) is 2. The summed E-state index contributed by atoms with van der Waals surface area (Å²) in [4.78, 5) is 98.0. The van der Waals surface area contributed by atoms with Gasteiger partial charge in [-0.25, -0.2) is 9.59 Å². The third kappa shape index (κ3) is 11.2. The summed E-state index contributed by atoms with van der Waals surface area (Å²) in [6.07, 6.45) is 21.7. The van der Waals surface area contributed by atoms with E-state index in [1.807, 2.05) is 0 Å². The summed E-state index contributed by atoms with van der Waals surface area (Å²) in [5, 5.41) is 12.6. The van der Waals surface area contributed by atoms with Gasteiger partial charge in [0.25, 0.3) is 0 Å². The zero-order valence-corrected chi connectivity index (χ0v) is 59.8. The second-order valence-electron chi connectivity index (χ2n) is 36.3. The van der Waals surface area contributed by atoms with E-state index >= 15 is 4.79 Å². The standard InChI is InChI=1S/C78H124N4O9/c1-47(2)49-29-39-77(43-41-73(14)51(61(49)77)25-27-57-71(12)35-33-59(83)69(8,9)55(71)31-37-75(57,73)16)65(87)79-45-21-19-23-53(82-67(89)91-68(5,6)7)63(85)81-54(64(86)90-18)24-20-22-46-80-66(88)78-40-30-50(48(3)4)62(78)52-26-28-58-72(13)36-34-60(84)70(10,11)56(72)32-38-76(58,17)74(52,15)42-44-78/h49-58,61-62H,1,3,19-46H2,2,4-18H3,(H,79,87)(H,80,88)(H,81,85)(H,82,89)/t49?,50?,51-,52-,53?,54?,55+,56+,57-,58-,61?,62?,71+,72+,73-,74-,75-,76-,77?,78?/m1/s1. The number of hydrogen-bond donors (Lipinski definition) is 4. The fourth-order valence-corrected chi connectivity index (χ4v) is 25.8. The molecule has 0 aliphatic heterocycles. The minimum atomic E-state index is -1.02. The van der Waals surface area contributed by atoms with Gasteiger partial charge in [-0.3, -0.25) is 24.0 Å². The molecule has 10 saturated carbocycles. The SMILES string of the molecule is C=C(C)C1CCC2(C(=O)NCCCCC(NC(=O)OC(C)(C)C)C(=O)NC(CCCCNC(=O)C34CCC(C(=C)C)C3[C@H]3CC[C@@H]5[C@@]6(C)CCC(=O)C(C)(C)[C@@H]6CC[C@@]5(C)[C@]3(C)CC4)C(=O)OC)CC[C@]3(C)[C@H](CC[C@@H]4[C@@]5(C)CCC(=O)C(C)(C)[C@@H]5CC[C@]43C)C12. The van der Waals surface area contributed by atoms with E-state index in [9.17, 15) is 28.8 Å². The van der Waals surface area contributed by atoms with E-state index in [-0.39, 0.29) is 91.6 Å². The summed E-state index contributed by atoms with van der Waals surface area (Å²) in [6.45, 7) is 43.9. The number of carbonyl (C=O) groups excluding carboxylic acids is 7. The molecule has 10 aliphatic rings. The van der Waals surface area contributed by atoms with Crippen molar-refractivity contribution in [2.24, 2.45) is 113 Å². The molecule has 0 aromatic heterocycles. The van der Waals surface area contributed by atoms with Crippen molar-refractivity contribution in [2.45, 2.75) is 288 Å². The van der Waals surface area contributed by atoms with E-state index in [0.717, 1.165) is 116 Å². The second-order valence-corrected chi connectivity index (χ2v) is 36.3. The Labute approximate surface area is 549 Å². The van der Waals surface area contributed by atoms with Gasteiger partial charge < -0.3 is 30.7 Å². The van der Waals surface area contributed by atoms with Crippen molar-refractivity contribution in [3.8, 4) is 0 Å². The fourth-order valence-electron chi connectivity index (χ4n) is 25.8. The first kappa shape index (κ1) is 69.8. The number of nitrogens with one attached hydrogen (secondary N) is 4. The van der Waals surface area contributed by atoms with Crippen LogP contribution in [-0.4, -0.2) is 79.2 Å².